The lowest BCUT2D eigenvalue weighted by Gasteiger charge is -2.17. The van der Waals surface area contributed by atoms with E-state index < -0.39 is 0 Å². The van der Waals surface area contributed by atoms with Crippen molar-refractivity contribution in [1.29, 1.82) is 0 Å². The highest BCUT2D eigenvalue weighted by atomic mass is 16.1. The molecule has 0 fully saturated rings. The van der Waals surface area contributed by atoms with Gasteiger partial charge in [0.15, 0.2) is 5.82 Å². The van der Waals surface area contributed by atoms with Gasteiger partial charge in [-0.05, 0) is 25.7 Å². The average Bonchev–Trinajstić information content (AvgIpc) is 2.25. The first-order valence-corrected chi connectivity index (χ1v) is 6.00. The molecule has 1 aromatic rings. The summed E-state index contributed by atoms with van der Waals surface area (Å²) >= 11 is 0. The van der Waals surface area contributed by atoms with Crippen LogP contribution in [0, 0.1) is 0 Å². The van der Waals surface area contributed by atoms with E-state index in [0.29, 0.717) is 5.82 Å². The predicted octanol–water partition coefficient (Wildman–Crippen LogP) is 1.48. The van der Waals surface area contributed by atoms with Crippen molar-refractivity contribution in [3.8, 4) is 0 Å². The first-order valence-electron chi connectivity index (χ1n) is 6.00. The molecule has 4 heteroatoms. The lowest BCUT2D eigenvalue weighted by atomic mass is 10.0. The minimum absolute atomic E-state index is 0.0122. The van der Waals surface area contributed by atoms with Gasteiger partial charge in [0.25, 0.3) is 5.56 Å². The number of aryl methyl sites for hydroxylation is 1. The average molecular weight is 221 g/mol. The number of hydrogen-bond donors (Lipinski definition) is 1. The van der Waals surface area contributed by atoms with Gasteiger partial charge in [0.1, 0.15) is 0 Å². The van der Waals surface area contributed by atoms with Crippen LogP contribution in [0.5, 0.6) is 0 Å². The molecular formula is C12H19N3O. The van der Waals surface area contributed by atoms with Crippen molar-refractivity contribution in [3.63, 3.8) is 0 Å². The molecule has 0 bridgehead atoms. The molecule has 88 valence electrons. The van der Waals surface area contributed by atoms with Crippen LogP contribution in [0.2, 0.25) is 0 Å². The number of anilines is 1. The van der Waals surface area contributed by atoms with E-state index >= 15 is 0 Å². The summed E-state index contributed by atoms with van der Waals surface area (Å²) in [5.41, 5.74) is 2.22. The molecule has 1 aliphatic carbocycles. The van der Waals surface area contributed by atoms with E-state index in [1.807, 2.05) is 7.05 Å². The van der Waals surface area contributed by atoms with Crippen LogP contribution in [0.3, 0.4) is 0 Å². The third-order valence-electron chi connectivity index (χ3n) is 3.31. The van der Waals surface area contributed by atoms with Gasteiger partial charge in [-0.3, -0.25) is 4.79 Å². The number of fused-ring (bicyclic) bond motifs is 1. The van der Waals surface area contributed by atoms with E-state index in [2.05, 4.69) is 10.3 Å². The standard InChI is InChI=1S/C12H19N3O/c1-13-11-12(16)15(2)10-8-6-4-3-5-7-9(10)14-11/h3-8H2,1-2H3,(H,13,14). The van der Waals surface area contributed by atoms with Gasteiger partial charge in [-0.1, -0.05) is 12.8 Å². The number of aromatic nitrogens is 2. The van der Waals surface area contributed by atoms with Crippen LogP contribution in [0.1, 0.15) is 37.1 Å². The van der Waals surface area contributed by atoms with Crippen molar-refractivity contribution in [2.45, 2.75) is 38.5 Å². The molecule has 0 unspecified atom stereocenters. The molecule has 0 aromatic carbocycles. The van der Waals surface area contributed by atoms with E-state index in [9.17, 15) is 4.79 Å². The summed E-state index contributed by atoms with van der Waals surface area (Å²) in [6.45, 7) is 0. The molecule has 1 aliphatic rings. The van der Waals surface area contributed by atoms with Gasteiger partial charge in [-0.15, -0.1) is 0 Å². The van der Waals surface area contributed by atoms with E-state index in [1.54, 1.807) is 11.6 Å². The quantitative estimate of drug-likeness (QED) is 0.781. The van der Waals surface area contributed by atoms with Gasteiger partial charge in [0.05, 0.1) is 5.69 Å². The van der Waals surface area contributed by atoms with Crippen LogP contribution < -0.4 is 10.9 Å². The Bertz CT molecular complexity index is 437. The summed E-state index contributed by atoms with van der Waals surface area (Å²) in [6.07, 6.45) is 6.87. The third kappa shape index (κ3) is 1.96. The lowest BCUT2D eigenvalue weighted by Crippen LogP contribution is -2.27. The van der Waals surface area contributed by atoms with Gasteiger partial charge in [-0.2, -0.15) is 0 Å². The maximum absolute atomic E-state index is 11.9. The largest absolute Gasteiger partial charge is 0.369 e. The Morgan fingerprint density at radius 2 is 1.88 bits per heavy atom. The number of rotatable bonds is 1. The van der Waals surface area contributed by atoms with E-state index in [4.69, 9.17) is 0 Å². The van der Waals surface area contributed by atoms with Crippen LogP contribution in [-0.2, 0) is 19.9 Å². The van der Waals surface area contributed by atoms with Crippen molar-refractivity contribution in [3.05, 3.63) is 21.7 Å². The zero-order valence-electron chi connectivity index (χ0n) is 10.0. The molecule has 0 saturated heterocycles. The zero-order chi connectivity index (χ0) is 11.5. The van der Waals surface area contributed by atoms with Crippen LogP contribution in [-0.4, -0.2) is 16.6 Å². The molecule has 1 aromatic heterocycles. The summed E-state index contributed by atoms with van der Waals surface area (Å²) in [4.78, 5) is 16.4. The van der Waals surface area contributed by atoms with Gasteiger partial charge >= 0.3 is 0 Å². The second-order valence-electron chi connectivity index (χ2n) is 4.38. The molecule has 16 heavy (non-hydrogen) atoms. The topological polar surface area (TPSA) is 46.9 Å². The summed E-state index contributed by atoms with van der Waals surface area (Å²) < 4.78 is 1.76. The fourth-order valence-electron chi connectivity index (χ4n) is 2.34. The minimum atomic E-state index is -0.0122. The Kier molecular flexibility index (Phi) is 3.27. The normalized spacial score (nSPS) is 16.1. The first-order chi connectivity index (χ1) is 7.74. The molecule has 0 aliphatic heterocycles. The van der Waals surface area contributed by atoms with Gasteiger partial charge in [-0.25, -0.2) is 4.98 Å². The van der Waals surface area contributed by atoms with Crippen molar-refractivity contribution in [2.75, 3.05) is 12.4 Å². The van der Waals surface area contributed by atoms with Crippen LogP contribution in [0.15, 0.2) is 4.79 Å². The monoisotopic (exact) mass is 221 g/mol. The summed E-state index contributed by atoms with van der Waals surface area (Å²) in [5, 5.41) is 2.88. The minimum Gasteiger partial charge on any atom is -0.369 e. The highest BCUT2D eigenvalue weighted by molar-refractivity contribution is 5.34. The third-order valence-corrected chi connectivity index (χ3v) is 3.31. The molecule has 1 heterocycles. The Morgan fingerprint density at radius 3 is 2.56 bits per heavy atom. The fraction of sp³-hybridized carbons (Fsp3) is 0.667. The van der Waals surface area contributed by atoms with Gasteiger partial charge in [0.2, 0.25) is 0 Å². The molecular weight excluding hydrogens is 202 g/mol. The van der Waals surface area contributed by atoms with Crippen LogP contribution >= 0.6 is 0 Å². The number of hydrogen-bond acceptors (Lipinski definition) is 3. The maximum atomic E-state index is 11.9. The van der Waals surface area contributed by atoms with E-state index in [1.165, 1.54) is 25.7 Å². The Hall–Kier alpha value is -1.32. The highest BCUT2D eigenvalue weighted by Gasteiger charge is 2.14. The second-order valence-corrected chi connectivity index (χ2v) is 4.38. The van der Waals surface area contributed by atoms with Gasteiger partial charge in [0, 0.05) is 19.8 Å². The Morgan fingerprint density at radius 1 is 1.19 bits per heavy atom. The fourth-order valence-corrected chi connectivity index (χ4v) is 2.34. The molecule has 0 saturated carbocycles. The lowest BCUT2D eigenvalue weighted by molar-refractivity contribution is 0.577. The summed E-state index contributed by atoms with van der Waals surface area (Å²) in [5.74, 6) is 0.474. The smallest absolute Gasteiger partial charge is 0.293 e. The summed E-state index contributed by atoms with van der Waals surface area (Å²) in [6, 6.07) is 0. The SMILES string of the molecule is CNc1nc2c(n(C)c1=O)CCCCCC2. The molecule has 0 radical (unpaired) electrons. The van der Waals surface area contributed by atoms with Crippen molar-refractivity contribution in [1.82, 2.24) is 9.55 Å². The van der Waals surface area contributed by atoms with Gasteiger partial charge < -0.3 is 9.88 Å². The molecule has 0 atom stereocenters. The van der Waals surface area contributed by atoms with Crippen molar-refractivity contribution < 1.29 is 0 Å². The van der Waals surface area contributed by atoms with E-state index in [-0.39, 0.29) is 5.56 Å². The molecule has 0 amide bonds. The number of nitrogens with one attached hydrogen (secondary N) is 1. The zero-order valence-corrected chi connectivity index (χ0v) is 10.0. The van der Waals surface area contributed by atoms with Crippen LogP contribution in [0.4, 0.5) is 5.82 Å². The van der Waals surface area contributed by atoms with Crippen LogP contribution in [0.25, 0.3) is 0 Å². The second kappa shape index (κ2) is 4.68. The Balaban J connectivity index is 2.51. The molecule has 1 N–H and O–H groups in total. The highest BCUT2D eigenvalue weighted by Crippen LogP contribution is 2.17. The Labute approximate surface area is 95.7 Å². The predicted molar refractivity (Wildman–Crippen MR) is 64.9 cm³/mol. The molecule has 0 spiro atoms. The van der Waals surface area contributed by atoms with Crippen molar-refractivity contribution >= 4 is 5.82 Å². The number of nitrogens with zero attached hydrogens (tertiary/aromatic N) is 2. The molecule has 2 rings (SSSR count). The summed E-state index contributed by atoms with van der Waals surface area (Å²) in [7, 11) is 3.60. The van der Waals surface area contributed by atoms with Crippen molar-refractivity contribution in [2.24, 2.45) is 7.05 Å². The first kappa shape index (κ1) is 11.2. The van der Waals surface area contributed by atoms with E-state index in [0.717, 1.165) is 24.2 Å². The maximum Gasteiger partial charge on any atom is 0.293 e. The molecule has 4 nitrogen and oxygen atoms in total.